The van der Waals surface area contributed by atoms with Crippen molar-refractivity contribution in [3.05, 3.63) is 51.1 Å². The van der Waals surface area contributed by atoms with Crippen molar-refractivity contribution in [3.63, 3.8) is 0 Å². The van der Waals surface area contributed by atoms with Gasteiger partial charge in [-0.1, -0.05) is 11.6 Å². The van der Waals surface area contributed by atoms with Crippen LogP contribution in [-0.2, 0) is 13.0 Å². The molecule has 0 amide bonds. The molecular formula is C17H20ClN5S. The van der Waals surface area contributed by atoms with Crippen LogP contribution >= 0.6 is 22.9 Å². The molecule has 0 spiro atoms. The highest BCUT2D eigenvalue weighted by Gasteiger charge is 2.05. The van der Waals surface area contributed by atoms with Gasteiger partial charge in [0.25, 0.3) is 0 Å². The summed E-state index contributed by atoms with van der Waals surface area (Å²) in [6, 6.07) is 5.90. The van der Waals surface area contributed by atoms with Crippen molar-refractivity contribution >= 4 is 39.8 Å². The van der Waals surface area contributed by atoms with Gasteiger partial charge in [-0.2, -0.15) is 0 Å². The minimum atomic E-state index is 0.681. The Kier molecular flexibility index (Phi) is 5.37. The molecule has 3 N–H and O–H groups in total. The van der Waals surface area contributed by atoms with Crippen LogP contribution in [0.2, 0.25) is 5.02 Å². The van der Waals surface area contributed by atoms with E-state index in [9.17, 15) is 0 Å². The second kappa shape index (κ2) is 7.68. The predicted molar refractivity (Wildman–Crippen MR) is 102 cm³/mol. The third kappa shape index (κ3) is 4.07. The number of thiazole rings is 1. The second-order valence-corrected chi connectivity index (χ2v) is 7.23. The smallest absolute Gasteiger partial charge is 0.191 e. The van der Waals surface area contributed by atoms with Crippen LogP contribution in [0.3, 0.4) is 0 Å². The molecule has 0 radical (unpaired) electrons. The van der Waals surface area contributed by atoms with Crippen LogP contribution in [0, 0.1) is 6.92 Å². The summed E-state index contributed by atoms with van der Waals surface area (Å²) in [4.78, 5) is 13.1. The number of hydrogen-bond acceptors (Lipinski definition) is 3. The average molecular weight is 362 g/mol. The standard InChI is InChI=1S/C17H20ClN5S/c1-11-8-22-16(24-11)10-23-17(19-2)20-6-5-12-9-21-15-4-3-13(18)7-14(12)15/h3-4,7-9,21H,5-6,10H2,1-2H3,(H2,19,20,23). The third-order valence-corrected chi connectivity index (χ3v) is 4.86. The van der Waals surface area contributed by atoms with Crippen LogP contribution in [0.4, 0.5) is 0 Å². The zero-order chi connectivity index (χ0) is 16.9. The Morgan fingerprint density at radius 3 is 3.00 bits per heavy atom. The van der Waals surface area contributed by atoms with Gasteiger partial charge in [0.15, 0.2) is 5.96 Å². The number of fused-ring (bicyclic) bond motifs is 1. The van der Waals surface area contributed by atoms with Crippen LogP contribution < -0.4 is 10.6 Å². The van der Waals surface area contributed by atoms with Gasteiger partial charge in [-0.05, 0) is 37.1 Å². The summed E-state index contributed by atoms with van der Waals surface area (Å²) in [7, 11) is 1.77. The largest absolute Gasteiger partial charge is 0.361 e. The van der Waals surface area contributed by atoms with E-state index in [2.05, 4.69) is 32.5 Å². The van der Waals surface area contributed by atoms with Crippen molar-refractivity contribution in [1.29, 1.82) is 0 Å². The Balaban J connectivity index is 1.53. The monoisotopic (exact) mass is 361 g/mol. The van der Waals surface area contributed by atoms with Gasteiger partial charge in [0, 0.05) is 46.8 Å². The molecular weight excluding hydrogens is 342 g/mol. The molecule has 3 aromatic rings. The van der Waals surface area contributed by atoms with E-state index in [4.69, 9.17) is 11.6 Å². The Morgan fingerprint density at radius 1 is 1.38 bits per heavy atom. The number of H-pyrrole nitrogens is 1. The van der Waals surface area contributed by atoms with Crippen molar-refractivity contribution in [1.82, 2.24) is 20.6 Å². The second-order valence-electron chi connectivity index (χ2n) is 5.47. The number of guanidine groups is 1. The molecule has 2 aromatic heterocycles. The van der Waals surface area contributed by atoms with Gasteiger partial charge in [0.2, 0.25) is 0 Å². The van der Waals surface area contributed by atoms with Crippen molar-refractivity contribution < 1.29 is 0 Å². The molecule has 0 fully saturated rings. The Labute approximate surface area is 150 Å². The summed E-state index contributed by atoms with van der Waals surface area (Å²) in [6.45, 7) is 3.53. The molecule has 5 nitrogen and oxygen atoms in total. The zero-order valence-corrected chi connectivity index (χ0v) is 15.3. The number of nitrogens with zero attached hydrogens (tertiary/aromatic N) is 2. The van der Waals surface area contributed by atoms with Crippen LogP contribution in [0.1, 0.15) is 15.4 Å². The SMILES string of the molecule is CN=C(NCCc1c[nH]c2ccc(Cl)cc12)NCc1ncc(C)s1. The number of aromatic nitrogens is 2. The summed E-state index contributed by atoms with van der Waals surface area (Å²) in [5, 5.41) is 9.60. The lowest BCUT2D eigenvalue weighted by molar-refractivity contribution is 0.793. The van der Waals surface area contributed by atoms with E-state index in [1.54, 1.807) is 18.4 Å². The van der Waals surface area contributed by atoms with Gasteiger partial charge >= 0.3 is 0 Å². The predicted octanol–water partition coefficient (Wildman–Crippen LogP) is 3.49. The molecule has 0 saturated carbocycles. The number of halogens is 1. The molecule has 0 aliphatic rings. The van der Waals surface area contributed by atoms with Gasteiger partial charge < -0.3 is 15.6 Å². The first kappa shape index (κ1) is 16.8. The quantitative estimate of drug-likeness (QED) is 0.481. The maximum atomic E-state index is 6.09. The van der Waals surface area contributed by atoms with Crippen molar-refractivity contribution in [2.75, 3.05) is 13.6 Å². The van der Waals surface area contributed by atoms with Gasteiger partial charge in [0.05, 0.1) is 6.54 Å². The zero-order valence-electron chi connectivity index (χ0n) is 13.7. The molecule has 2 heterocycles. The first-order valence-electron chi connectivity index (χ1n) is 7.77. The molecule has 1 aromatic carbocycles. The van der Waals surface area contributed by atoms with E-state index in [0.717, 1.165) is 34.5 Å². The summed E-state index contributed by atoms with van der Waals surface area (Å²) >= 11 is 7.78. The molecule has 0 aliphatic heterocycles. The lowest BCUT2D eigenvalue weighted by Gasteiger charge is -2.10. The fourth-order valence-corrected chi connectivity index (χ4v) is 3.44. The van der Waals surface area contributed by atoms with Crippen molar-refractivity contribution in [2.45, 2.75) is 19.9 Å². The van der Waals surface area contributed by atoms with E-state index in [1.807, 2.05) is 30.6 Å². The van der Waals surface area contributed by atoms with Crippen LogP contribution in [-0.4, -0.2) is 29.5 Å². The van der Waals surface area contributed by atoms with Crippen LogP contribution in [0.5, 0.6) is 0 Å². The first-order chi connectivity index (χ1) is 11.7. The summed E-state index contributed by atoms with van der Waals surface area (Å²) in [5.41, 5.74) is 2.35. The summed E-state index contributed by atoms with van der Waals surface area (Å²) in [5.74, 6) is 0.778. The molecule has 0 bridgehead atoms. The van der Waals surface area contributed by atoms with Crippen LogP contribution in [0.25, 0.3) is 10.9 Å². The number of benzene rings is 1. The lowest BCUT2D eigenvalue weighted by atomic mass is 10.1. The fourth-order valence-electron chi connectivity index (χ4n) is 2.54. The molecule has 3 rings (SSSR count). The summed E-state index contributed by atoms with van der Waals surface area (Å²) in [6.07, 6.45) is 4.81. The van der Waals surface area contributed by atoms with Gasteiger partial charge in [-0.3, -0.25) is 4.99 Å². The summed E-state index contributed by atoms with van der Waals surface area (Å²) < 4.78 is 0. The minimum absolute atomic E-state index is 0.681. The fraction of sp³-hybridized carbons (Fsp3) is 0.294. The number of nitrogens with one attached hydrogen (secondary N) is 3. The number of aryl methyl sites for hydroxylation is 1. The Morgan fingerprint density at radius 2 is 2.25 bits per heavy atom. The number of aromatic amines is 1. The first-order valence-corrected chi connectivity index (χ1v) is 8.96. The average Bonchev–Trinajstić information content (AvgIpc) is 3.17. The highest BCUT2D eigenvalue weighted by Crippen LogP contribution is 2.22. The minimum Gasteiger partial charge on any atom is -0.361 e. The number of aliphatic imine (C=N–C) groups is 1. The van der Waals surface area contributed by atoms with E-state index in [1.165, 1.54) is 15.8 Å². The van der Waals surface area contributed by atoms with Crippen molar-refractivity contribution in [2.24, 2.45) is 4.99 Å². The normalized spacial score (nSPS) is 11.9. The van der Waals surface area contributed by atoms with Crippen molar-refractivity contribution in [3.8, 4) is 0 Å². The maximum Gasteiger partial charge on any atom is 0.191 e. The van der Waals surface area contributed by atoms with Gasteiger partial charge in [-0.25, -0.2) is 4.98 Å². The highest BCUT2D eigenvalue weighted by molar-refractivity contribution is 7.11. The number of rotatable bonds is 5. The molecule has 0 aliphatic carbocycles. The van der Waals surface area contributed by atoms with E-state index < -0.39 is 0 Å². The molecule has 0 unspecified atom stereocenters. The van der Waals surface area contributed by atoms with Gasteiger partial charge in [0.1, 0.15) is 5.01 Å². The Hall–Kier alpha value is -2.05. The van der Waals surface area contributed by atoms with E-state index in [0.29, 0.717) is 6.54 Å². The molecule has 126 valence electrons. The molecule has 24 heavy (non-hydrogen) atoms. The third-order valence-electron chi connectivity index (χ3n) is 3.72. The van der Waals surface area contributed by atoms with E-state index >= 15 is 0 Å². The van der Waals surface area contributed by atoms with Gasteiger partial charge in [-0.15, -0.1) is 11.3 Å². The molecule has 7 heteroatoms. The maximum absolute atomic E-state index is 6.09. The Bertz CT molecular complexity index is 852. The number of hydrogen-bond donors (Lipinski definition) is 3. The topological polar surface area (TPSA) is 65.1 Å². The van der Waals surface area contributed by atoms with E-state index in [-0.39, 0.29) is 0 Å². The molecule has 0 atom stereocenters. The molecule has 0 saturated heterocycles. The lowest BCUT2D eigenvalue weighted by Crippen LogP contribution is -2.37. The highest BCUT2D eigenvalue weighted by atomic mass is 35.5. The van der Waals surface area contributed by atoms with Crippen LogP contribution in [0.15, 0.2) is 35.6 Å².